The highest BCUT2D eigenvalue weighted by atomic mass is 28.3. The maximum Gasteiger partial charge on any atom is 0.0603 e. The Hall–Kier alpha value is -0.0862. The van der Waals surface area contributed by atoms with Crippen molar-refractivity contribution < 1.29 is 0 Å². The van der Waals surface area contributed by atoms with Crippen molar-refractivity contribution in [2.45, 2.75) is 38.8 Å². The molecule has 1 unspecified atom stereocenters. The van der Waals surface area contributed by atoms with Crippen molar-refractivity contribution in [3.05, 3.63) is 23.4 Å². The van der Waals surface area contributed by atoms with E-state index in [-0.39, 0.29) is 0 Å². The fourth-order valence-electron chi connectivity index (χ4n) is 2.00. The van der Waals surface area contributed by atoms with Gasteiger partial charge in [0.05, 0.1) is 8.80 Å². The van der Waals surface area contributed by atoms with Crippen LogP contribution in [0.15, 0.2) is 23.4 Å². The van der Waals surface area contributed by atoms with Crippen LogP contribution in [0, 0.1) is 5.92 Å². The zero-order chi connectivity index (χ0) is 10.1. The molecule has 1 rings (SSSR count). The Balaban J connectivity index is 2.62. The first-order chi connectivity index (χ1) is 5.90. The summed E-state index contributed by atoms with van der Waals surface area (Å²) < 4.78 is 0. The molecule has 0 aromatic heterocycles. The van der Waals surface area contributed by atoms with Crippen LogP contribution >= 0.6 is 0 Å². The first-order valence-electron chi connectivity index (χ1n) is 5.28. The van der Waals surface area contributed by atoms with Crippen LogP contribution in [-0.2, 0) is 0 Å². The molecule has 0 heterocycles. The Morgan fingerprint density at radius 1 is 1.31 bits per heavy atom. The van der Waals surface area contributed by atoms with Crippen molar-refractivity contribution in [1.29, 1.82) is 0 Å². The molecule has 1 atom stereocenters. The molecule has 0 nitrogen and oxygen atoms in total. The quantitative estimate of drug-likeness (QED) is 0.626. The van der Waals surface area contributed by atoms with E-state index < -0.39 is 16.9 Å². The second-order valence-electron chi connectivity index (χ2n) is 5.58. The molecule has 0 saturated heterocycles. The molecule has 0 amide bonds. The van der Waals surface area contributed by atoms with Gasteiger partial charge in [-0.1, -0.05) is 56.2 Å². The Morgan fingerprint density at radius 2 is 1.92 bits per heavy atom. The van der Waals surface area contributed by atoms with Gasteiger partial charge in [-0.15, -0.1) is 0 Å². The van der Waals surface area contributed by atoms with Gasteiger partial charge in [0.1, 0.15) is 0 Å². The van der Waals surface area contributed by atoms with Crippen LogP contribution in [0.1, 0.15) is 0 Å². The van der Waals surface area contributed by atoms with E-state index in [9.17, 15) is 0 Å². The van der Waals surface area contributed by atoms with Gasteiger partial charge in [0.15, 0.2) is 0 Å². The summed E-state index contributed by atoms with van der Waals surface area (Å²) in [5.74, 6) is 0.818. The smallest absolute Gasteiger partial charge is 0.0603 e. The molecule has 0 radical (unpaired) electrons. The second-order valence-corrected chi connectivity index (χ2v) is 14.1. The van der Waals surface area contributed by atoms with Gasteiger partial charge in [-0.05, 0) is 12.0 Å². The summed E-state index contributed by atoms with van der Waals surface area (Å²) in [6.45, 7) is 12.3. The van der Waals surface area contributed by atoms with Crippen LogP contribution in [0.5, 0.6) is 0 Å². The van der Waals surface area contributed by atoms with Crippen molar-refractivity contribution in [3.63, 3.8) is 0 Å². The van der Waals surface area contributed by atoms with Crippen LogP contribution in [0.25, 0.3) is 0 Å². The molecule has 0 aromatic rings. The summed E-state index contributed by atoms with van der Waals surface area (Å²) in [6.07, 6.45) is 7.06. The molecular weight excluding hydrogens is 188 g/mol. The van der Waals surface area contributed by atoms with Crippen molar-refractivity contribution in [2.24, 2.45) is 5.92 Å². The third kappa shape index (κ3) is 3.27. The first-order valence-corrected chi connectivity index (χ1v) is 11.9. The minimum absolute atomic E-state index is 0.550. The zero-order valence-electron chi connectivity index (χ0n) is 9.59. The van der Waals surface area contributed by atoms with Gasteiger partial charge in [-0.25, -0.2) is 0 Å². The van der Waals surface area contributed by atoms with Gasteiger partial charge in [-0.3, -0.25) is 0 Å². The van der Waals surface area contributed by atoms with Crippen molar-refractivity contribution in [2.75, 3.05) is 0 Å². The summed E-state index contributed by atoms with van der Waals surface area (Å²) >= 11 is 0. The van der Waals surface area contributed by atoms with E-state index >= 15 is 0 Å². The highest BCUT2D eigenvalue weighted by Gasteiger charge is 2.24. The standard InChI is InChI=1S/C11H22Si2/c1-12(2)11-8-6-7-10(11)9-13(3,4)5/h6-8,10,12H,9H2,1-5H3. The fraction of sp³-hybridized carbons (Fsp3) is 0.636. The molecule has 0 fully saturated rings. The van der Waals surface area contributed by atoms with Gasteiger partial charge in [0.25, 0.3) is 0 Å². The number of hydrogen-bond donors (Lipinski definition) is 0. The summed E-state index contributed by atoms with van der Waals surface area (Å²) in [5.41, 5.74) is 0. The van der Waals surface area contributed by atoms with Gasteiger partial charge >= 0.3 is 0 Å². The van der Waals surface area contributed by atoms with E-state index in [0.717, 1.165) is 5.92 Å². The van der Waals surface area contributed by atoms with Gasteiger partial charge in [-0.2, -0.15) is 0 Å². The summed E-state index contributed by atoms with van der Waals surface area (Å²) in [5, 5.41) is 1.78. The Labute approximate surface area is 85.4 Å². The maximum absolute atomic E-state index is 2.47. The van der Waals surface area contributed by atoms with E-state index in [4.69, 9.17) is 0 Å². The zero-order valence-corrected chi connectivity index (χ0v) is 11.7. The van der Waals surface area contributed by atoms with Crippen molar-refractivity contribution in [3.8, 4) is 0 Å². The highest BCUT2D eigenvalue weighted by Crippen LogP contribution is 2.29. The molecule has 0 bridgehead atoms. The third-order valence-electron chi connectivity index (χ3n) is 2.56. The second kappa shape index (κ2) is 3.97. The molecule has 0 aromatic carbocycles. The minimum atomic E-state index is -0.880. The Kier molecular flexibility index (Phi) is 3.35. The van der Waals surface area contributed by atoms with E-state index in [2.05, 4.69) is 51.0 Å². The predicted octanol–water partition coefficient (Wildman–Crippen LogP) is 3.46. The lowest BCUT2D eigenvalue weighted by Crippen LogP contribution is -2.25. The predicted molar refractivity (Wildman–Crippen MR) is 67.7 cm³/mol. The number of allylic oxidation sites excluding steroid dienone is 4. The summed E-state index contributed by atoms with van der Waals surface area (Å²) in [4.78, 5) is 0. The minimum Gasteiger partial charge on any atom is -0.0782 e. The third-order valence-corrected chi connectivity index (χ3v) is 6.18. The van der Waals surface area contributed by atoms with Gasteiger partial charge < -0.3 is 0 Å². The molecule has 13 heavy (non-hydrogen) atoms. The molecule has 2 heteroatoms. The lowest BCUT2D eigenvalue weighted by Gasteiger charge is -2.24. The Bertz CT molecular complexity index is 231. The van der Waals surface area contributed by atoms with Gasteiger partial charge in [0, 0.05) is 8.07 Å². The molecule has 1 aliphatic rings. The highest BCUT2D eigenvalue weighted by molar-refractivity contribution is 6.76. The van der Waals surface area contributed by atoms with E-state index in [1.807, 2.05) is 0 Å². The molecule has 0 N–H and O–H groups in total. The molecule has 74 valence electrons. The SMILES string of the molecule is C[SiH](C)C1=CC=CC1C[Si](C)(C)C. The van der Waals surface area contributed by atoms with Crippen LogP contribution in [0.3, 0.4) is 0 Å². The van der Waals surface area contributed by atoms with Crippen molar-refractivity contribution >= 4 is 16.9 Å². The summed E-state index contributed by atoms with van der Waals surface area (Å²) in [7, 11) is -1.43. The average Bonchev–Trinajstić information content (AvgIpc) is 2.31. The van der Waals surface area contributed by atoms with Crippen LogP contribution < -0.4 is 0 Å². The van der Waals surface area contributed by atoms with Crippen LogP contribution in [0.2, 0.25) is 38.8 Å². The summed E-state index contributed by atoms with van der Waals surface area (Å²) in [6, 6.07) is 1.44. The molecule has 0 saturated carbocycles. The van der Waals surface area contributed by atoms with Crippen LogP contribution in [-0.4, -0.2) is 16.9 Å². The topological polar surface area (TPSA) is 0 Å². The normalized spacial score (nSPS) is 22.6. The van der Waals surface area contributed by atoms with Crippen LogP contribution in [0.4, 0.5) is 0 Å². The molecule has 1 aliphatic carbocycles. The largest absolute Gasteiger partial charge is 0.0782 e. The first kappa shape index (κ1) is 11.0. The number of rotatable bonds is 3. The molecule has 0 spiro atoms. The molecular formula is C11H22Si2. The molecule has 0 aliphatic heterocycles. The maximum atomic E-state index is 2.47. The Morgan fingerprint density at radius 3 is 2.38 bits per heavy atom. The fourth-order valence-corrected chi connectivity index (χ4v) is 5.51. The van der Waals surface area contributed by atoms with E-state index in [0.29, 0.717) is 0 Å². The average molecular weight is 210 g/mol. The van der Waals surface area contributed by atoms with E-state index in [1.165, 1.54) is 6.04 Å². The monoisotopic (exact) mass is 210 g/mol. The number of hydrogen-bond acceptors (Lipinski definition) is 0. The van der Waals surface area contributed by atoms with Crippen molar-refractivity contribution in [1.82, 2.24) is 0 Å². The van der Waals surface area contributed by atoms with Gasteiger partial charge in [0.2, 0.25) is 0 Å². The lowest BCUT2D eigenvalue weighted by atomic mass is 10.2. The van der Waals surface area contributed by atoms with E-state index in [1.54, 1.807) is 5.20 Å². The lowest BCUT2D eigenvalue weighted by molar-refractivity contribution is 0.901.